The summed E-state index contributed by atoms with van der Waals surface area (Å²) in [5, 5.41) is 0. The molecule has 2 rings (SSSR count). The molecule has 0 aromatic carbocycles. The van der Waals surface area contributed by atoms with Gasteiger partial charge in [-0.25, -0.2) is 0 Å². The third-order valence-corrected chi connectivity index (χ3v) is 4.73. The molecule has 2 aliphatic rings. The molecule has 0 aromatic heterocycles. The Hall–Kier alpha value is -1.06. The molecule has 1 aliphatic heterocycles. The van der Waals surface area contributed by atoms with Crippen LogP contribution in [0.5, 0.6) is 0 Å². The van der Waals surface area contributed by atoms with Gasteiger partial charge in [-0.2, -0.15) is 0 Å². The Morgan fingerprint density at radius 3 is 2.68 bits per heavy atom. The maximum absolute atomic E-state index is 12.1. The summed E-state index contributed by atoms with van der Waals surface area (Å²) < 4.78 is 5.50. The van der Waals surface area contributed by atoms with E-state index in [2.05, 4.69) is 20.8 Å². The third-order valence-electron chi connectivity index (χ3n) is 4.73. The van der Waals surface area contributed by atoms with E-state index in [4.69, 9.17) is 4.74 Å². The average Bonchev–Trinajstić information content (AvgIpc) is 2.75. The maximum atomic E-state index is 12.1. The first-order chi connectivity index (χ1) is 8.98. The molecule has 0 aromatic rings. The number of carbonyl (C=O) groups excluding carboxylic acids is 2. The SMILES string of the molecule is CC1CC(C(C)C)CC(OC=O)(N2CCCC2=O)C1. The summed E-state index contributed by atoms with van der Waals surface area (Å²) >= 11 is 0. The van der Waals surface area contributed by atoms with Gasteiger partial charge in [-0.05, 0) is 30.6 Å². The van der Waals surface area contributed by atoms with Gasteiger partial charge in [0.15, 0.2) is 5.72 Å². The number of amides is 1. The minimum Gasteiger partial charge on any atom is -0.441 e. The molecule has 4 nitrogen and oxygen atoms in total. The van der Waals surface area contributed by atoms with Gasteiger partial charge >= 0.3 is 0 Å². The minimum atomic E-state index is -0.679. The number of likely N-dealkylation sites (tertiary alicyclic amines) is 1. The van der Waals surface area contributed by atoms with Gasteiger partial charge in [-0.1, -0.05) is 20.8 Å². The summed E-state index contributed by atoms with van der Waals surface area (Å²) in [7, 11) is 0. The van der Waals surface area contributed by atoms with E-state index in [1.807, 2.05) is 4.90 Å². The van der Waals surface area contributed by atoms with Crippen molar-refractivity contribution in [3.63, 3.8) is 0 Å². The molecular formula is C15H25NO3. The van der Waals surface area contributed by atoms with Crippen LogP contribution in [0.3, 0.4) is 0 Å². The summed E-state index contributed by atoms with van der Waals surface area (Å²) in [6.07, 6.45) is 4.19. The van der Waals surface area contributed by atoms with E-state index in [-0.39, 0.29) is 5.91 Å². The largest absolute Gasteiger partial charge is 0.441 e. The maximum Gasteiger partial charge on any atom is 0.295 e. The molecule has 0 bridgehead atoms. The van der Waals surface area contributed by atoms with Crippen LogP contribution < -0.4 is 0 Å². The van der Waals surface area contributed by atoms with Crippen molar-refractivity contribution >= 4 is 12.4 Å². The summed E-state index contributed by atoms with van der Waals surface area (Å²) in [6, 6.07) is 0. The van der Waals surface area contributed by atoms with Gasteiger partial charge < -0.3 is 9.64 Å². The van der Waals surface area contributed by atoms with E-state index < -0.39 is 5.72 Å². The van der Waals surface area contributed by atoms with Gasteiger partial charge in [0.05, 0.1) is 0 Å². The Morgan fingerprint density at radius 2 is 2.16 bits per heavy atom. The van der Waals surface area contributed by atoms with Gasteiger partial charge in [0.25, 0.3) is 6.47 Å². The highest BCUT2D eigenvalue weighted by atomic mass is 16.6. The number of hydrogen-bond acceptors (Lipinski definition) is 3. The number of carbonyl (C=O) groups is 2. The molecule has 19 heavy (non-hydrogen) atoms. The normalized spacial score (nSPS) is 35.8. The molecule has 108 valence electrons. The summed E-state index contributed by atoms with van der Waals surface area (Å²) in [5.74, 6) is 1.68. The Balaban J connectivity index is 2.26. The van der Waals surface area contributed by atoms with Crippen molar-refractivity contribution in [2.75, 3.05) is 6.54 Å². The Morgan fingerprint density at radius 1 is 1.42 bits per heavy atom. The molecule has 1 amide bonds. The molecule has 3 atom stereocenters. The van der Waals surface area contributed by atoms with Crippen molar-refractivity contribution in [1.82, 2.24) is 4.90 Å². The van der Waals surface area contributed by atoms with E-state index >= 15 is 0 Å². The quantitative estimate of drug-likeness (QED) is 0.735. The topological polar surface area (TPSA) is 46.6 Å². The van der Waals surface area contributed by atoms with E-state index in [1.165, 1.54) is 0 Å². The lowest BCUT2D eigenvalue weighted by Gasteiger charge is -2.48. The smallest absolute Gasteiger partial charge is 0.295 e. The predicted molar refractivity (Wildman–Crippen MR) is 72.2 cm³/mol. The average molecular weight is 267 g/mol. The Bertz CT molecular complexity index is 355. The molecule has 0 radical (unpaired) electrons. The van der Waals surface area contributed by atoms with Crippen molar-refractivity contribution in [1.29, 1.82) is 0 Å². The van der Waals surface area contributed by atoms with Crippen LogP contribution in [0, 0.1) is 17.8 Å². The second kappa shape index (κ2) is 5.51. The first-order valence-corrected chi connectivity index (χ1v) is 7.40. The third kappa shape index (κ3) is 2.77. The van der Waals surface area contributed by atoms with Crippen LogP contribution in [0.25, 0.3) is 0 Å². The van der Waals surface area contributed by atoms with Crippen molar-refractivity contribution in [3.05, 3.63) is 0 Å². The van der Waals surface area contributed by atoms with Crippen molar-refractivity contribution in [2.45, 2.75) is 58.6 Å². The fraction of sp³-hybridized carbons (Fsp3) is 0.867. The monoisotopic (exact) mass is 267 g/mol. The highest BCUT2D eigenvalue weighted by molar-refractivity contribution is 5.79. The first-order valence-electron chi connectivity index (χ1n) is 7.40. The molecule has 0 N–H and O–H groups in total. The van der Waals surface area contributed by atoms with Gasteiger partial charge in [0.1, 0.15) is 0 Å². The standard InChI is InChI=1S/C15H25NO3/c1-11(2)13-7-12(3)8-15(9-13,19-10-17)16-6-4-5-14(16)18/h10-13H,4-9H2,1-3H3. The number of hydrogen-bond donors (Lipinski definition) is 0. The van der Waals surface area contributed by atoms with Gasteiger partial charge in [-0.15, -0.1) is 0 Å². The van der Waals surface area contributed by atoms with E-state index in [0.717, 1.165) is 32.2 Å². The van der Waals surface area contributed by atoms with Gasteiger partial charge in [0.2, 0.25) is 5.91 Å². The van der Waals surface area contributed by atoms with Gasteiger partial charge in [0, 0.05) is 25.8 Å². The van der Waals surface area contributed by atoms with Crippen LogP contribution >= 0.6 is 0 Å². The minimum absolute atomic E-state index is 0.137. The summed E-state index contributed by atoms with van der Waals surface area (Å²) in [6.45, 7) is 7.86. The Kier molecular flexibility index (Phi) is 4.16. The van der Waals surface area contributed by atoms with Crippen molar-refractivity contribution in [2.24, 2.45) is 17.8 Å². The van der Waals surface area contributed by atoms with Gasteiger partial charge in [-0.3, -0.25) is 9.59 Å². The molecule has 3 unspecified atom stereocenters. The number of ether oxygens (including phenoxy) is 1. The van der Waals surface area contributed by atoms with E-state index in [1.54, 1.807) is 0 Å². The second-order valence-electron chi connectivity index (χ2n) is 6.56. The van der Waals surface area contributed by atoms with Crippen LogP contribution in [-0.2, 0) is 14.3 Å². The van der Waals surface area contributed by atoms with Crippen molar-refractivity contribution in [3.8, 4) is 0 Å². The lowest BCUT2D eigenvalue weighted by atomic mass is 9.72. The van der Waals surface area contributed by atoms with Crippen LogP contribution in [0.4, 0.5) is 0 Å². The van der Waals surface area contributed by atoms with Crippen LogP contribution in [0.2, 0.25) is 0 Å². The van der Waals surface area contributed by atoms with E-state index in [0.29, 0.717) is 30.6 Å². The van der Waals surface area contributed by atoms with E-state index in [9.17, 15) is 9.59 Å². The van der Waals surface area contributed by atoms with Crippen LogP contribution in [0.1, 0.15) is 52.9 Å². The molecule has 0 spiro atoms. The lowest BCUT2D eigenvalue weighted by Crippen LogP contribution is -2.56. The highest BCUT2D eigenvalue weighted by Gasteiger charge is 2.49. The molecule has 1 saturated carbocycles. The Labute approximate surface area is 115 Å². The zero-order valence-corrected chi connectivity index (χ0v) is 12.2. The molecule has 4 heteroatoms. The zero-order chi connectivity index (χ0) is 14.0. The fourth-order valence-electron chi connectivity index (χ4n) is 3.78. The zero-order valence-electron chi connectivity index (χ0n) is 12.2. The molecule has 1 saturated heterocycles. The van der Waals surface area contributed by atoms with Crippen LogP contribution in [0.15, 0.2) is 0 Å². The van der Waals surface area contributed by atoms with Crippen LogP contribution in [-0.4, -0.2) is 29.5 Å². The lowest BCUT2D eigenvalue weighted by molar-refractivity contribution is -0.192. The highest BCUT2D eigenvalue weighted by Crippen LogP contribution is 2.44. The second-order valence-corrected chi connectivity index (χ2v) is 6.56. The summed E-state index contributed by atoms with van der Waals surface area (Å²) in [4.78, 5) is 24.9. The molecular weight excluding hydrogens is 242 g/mol. The van der Waals surface area contributed by atoms with Crippen molar-refractivity contribution < 1.29 is 14.3 Å². The fourth-order valence-corrected chi connectivity index (χ4v) is 3.78. The molecule has 1 aliphatic carbocycles. The number of nitrogens with zero attached hydrogens (tertiary/aromatic N) is 1. The first kappa shape index (κ1) is 14.4. The molecule has 2 fully saturated rings. The summed E-state index contributed by atoms with van der Waals surface area (Å²) in [5.41, 5.74) is -0.679. The predicted octanol–water partition coefficient (Wildman–Crippen LogP) is 2.57. The molecule has 1 heterocycles. The number of rotatable bonds is 4.